The predicted molar refractivity (Wildman–Crippen MR) is 98.5 cm³/mol. The van der Waals surface area contributed by atoms with Crippen molar-refractivity contribution in [2.75, 3.05) is 6.54 Å². The van der Waals surface area contributed by atoms with Crippen LogP contribution in [0.25, 0.3) is 0 Å². The number of carboxylic acid groups (broad SMARTS) is 1. The predicted octanol–water partition coefficient (Wildman–Crippen LogP) is 3.81. The van der Waals surface area contributed by atoms with E-state index in [0.29, 0.717) is 6.42 Å². The van der Waals surface area contributed by atoms with Crippen LogP contribution in [0.15, 0.2) is 0 Å². The first-order valence-electron chi connectivity index (χ1n) is 9.46. The van der Waals surface area contributed by atoms with Crippen molar-refractivity contribution in [3.05, 3.63) is 0 Å². The van der Waals surface area contributed by atoms with Gasteiger partial charge in [0.15, 0.2) is 0 Å². The van der Waals surface area contributed by atoms with Gasteiger partial charge in [0.2, 0.25) is 0 Å². The number of amides is 1. The van der Waals surface area contributed by atoms with E-state index >= 15 is 0 Å². The van der Waals surface area contributed by atoms with Crippen molar-refractivity contribution >= 4 is 18.0 Å². The van der Waals surface area contributed by atoms with E-state index in [1.54, 1.807) is 27.7 Å². The average molecular weight is 373 g/mol. The molecule has 0 heterocycles. The number of carboxylic acids is 1. The van der Waals surface area contributed by atoms with Gasteiger partial charge in [0.25, 0.3) is 6.29 Å². The molecule has 26 heavy (non-hydrogen) atoms. The number of hydrogen-bond donors (Lipinski definition) is 2. The standard InChI is InChI=1S/C19H35NO6/c1-7-8-9-14(6)10-15(16(21)22)11-20-19(24)26-18(13(4)5)25-17(23)12(2)3/h12-15,18H,7-11H2,1-6H3,(H,20,24)(H,21,22)/t14-,15+,18-/m0/s1. The molecular weight excluding hydrogens is 338 g/mol. The lowest BCUT2D eigenvalue weighted by Crippen LogP contribution is -2.38. The van der Waals surface area contributed by atoms with Crippen molar-refractivity contribution in [3.8, 4) is 0 Å². The molecular formula is C19H35NO6. The summed E-state index contributed by atoms with van der Waals surface area (Å²) in [6, 6.07) is 0. The average Bonchev–Trinajstić information content (AvgIpc) is 2.55. The van der Waals surface area contributed by atoms with Gasteiger partial charge in [-0.15, -0.1) is 0 Å². The molecule has 0 aromatic rings. The lowest BCUT2D eigenvalue weighted by molar-refractivity contribution is -0.178. The smallest absolute Gasteiger partial charge is 0.410 e. The number of nitrogens with one attached hydrogen (secondary N) is 1. The summed E-state index contributed by atoms with van der Waals surface area (Å²) in [5.41, 5.74) is 0. The molecule has 0 aromatic carbocycles. The molecule has 152 valence electrons. The first-order chi connectivity index (χ1) is 12.1. The van der Waals surface area contributed by atoms with E-state index in [2.05, 4.69) is 12.2 Å². The van der Waals surface area contributed by atoms with Crippen LogP contribution < -0.4 is 5.32 Å². The van der Waals surface area contributed by atoms with Gasteiger partial charge in [-0.25, -0.2) is 4.79 Å². The second-order valence-corrected chi connectivity index (χ2v) is 7.51. The molecule has 0 unspecified atom stereocenters. The fraction of sp³-hybridized carbons (Fsp3) is 0.842. The Labute approximate surface area is 156 Å². The van der Waals surface area contributed by atoms with E-state index in [9.17, 15) is 19.5 Å². The molecule has 1 amide bonds. The van der Waals surface area contributed by atoms with Gasteiger partial charge in [-0.2, -0.15) is 0 Å². The maximum absolute atomic E-state index is 12.0. The lowest BCUT2D eigenvalue weighted by Gasteiger charge is -2.23. The van der Waals surface area contributed by atoms with Crippen molar-refractivity contribution in [1.29, 1.82) is 0 Å². The van der Waals surface area contributed by atoms with Crippen molar-refractivity contribution in [1.82, 2.24) is 5.32 Å². The highest BCUT2D eigenvalue weighted by Gasteiger charge is 2.26. The molecule has 7 heteroatoms. The molecule has 7 nitrogen and oxygen atoms in total. The summed E-state index contributed by atoms with van der Waals surface area (Å²) in [5, 5.41) is 11.8. The minimum Gasteiger partial charge on any atom is -0.481 e. The molecule has 2 N–H and O–H groups in total. The Hall–Kier alpha value is -1.79. The number of rotatable bonds is 12. The summed E-state index contributed by atoms with van der Waals surface area (Å²) in [4.78, 5) is 35.1. The van der Waals surface area contributed by atoms with Gasteiger partial charge in [0.05, 0.1) is 11.8 Å². The number of carbonyl (C=O) groups is 3. The van der Waals surface area contributed by atoms with E-state index < -0.39 is 30.2 Å². The Morgan fingerprint density at radius 3 is 2.12 bits per heavy atom. The number of alkyl carbamates (subject to hydrolysis) is 1. The van der Waals surface area contributed by atoms with Crippen LogP contribution in [0.4, 0.5) is 4.79 Å². The fourth-order valence-corrected chi connectivity index (χ4v) is 2.33. The zero-order chi connectivity index (χ0) is 20.3. The lowest BCUT2D eigenvalue weighted by atomic mass is 9.92. The molecule has 0 aliphatic carbocycles. The highest BCUT2D eigenvalue weighted by molar-refractivity contribution is 5.73. The van der Waals surface area contributed by atoms with Crippen LogP contribution in [-0.2, 0) is 19.1 Å². The van der Waals surface area contributed by atoms with Crippen LogP contribution in [0.5, 0.6) is 0 Å². The summed E-state index contributed by atoms with van der Waals surface area (Å²) in [6.07, 6.45) is 1.79. The van der Waals surface area contributed by atoms with E-state index in [0.717, 1.165) is 19.3 Å². The zero-order valence-corrected chi connectivity index (χ0v) is 16.9. The Kier molecular flexibility index (Phi) is 11.7. The largest absolute Gasteiger partial charge is 0.481 e. The van der Waals surface area contributed by atoms with Gasteiger partial charge in [-0.05, 0) is 12.3 Å². The maximum Gasteiger partial charge on any atom is 0.410 e. The van der Waals surface area contributed by atoms with Gasteiger partial charge in [-0.3, -0.25) is 9.59 Å². The molecule has 0 bridgehead atoms. The summed E-state index contributed by atoms with van der Waals surface area (Å²) in [6.45, 7) is 11.0. The molecule has 0 aliphatic rings. The molecule has 0 saturated carbocycles. The monoisotopic (exact) mass is 373 g/mol. The quantitative estimate of drug-likeness (QED) is 0.398. The molecule has 0 aromatic heterocycles. The number of ether oxygens (including phenoxy) is 2. The Balaban J connectivity index is 4.56. The fourth-order valence-electron chi connectivity index (χ4n) is 2.33. The molecule has 0 rings (SSSR count). The molecule has 0 aliphatic heterocycles. The van der Waals surface area contributed by atoms with Gasteiger partial charge in [-0.1, -0.05) is 60.8 Å². The van der Waals surface area contributed by atoms with Crippen molar-refractivity contribution in [2.24, 2.45) is 23.7 Å². The molecule has 0 saturated heterocycles. The van der Waals surface area contributed by atoms with Gasteiger partial charge >= 0.3 is 18.0 Å². The zero-order valence-electron chi connectivity index (χ0n) is 16.9. The van der Waals surface area contributed by atoms with Crippen LogP contribution in [0.1, 0.15) is 67.2 Å². The Morgan fingerprint density at radius 1 is 1.04 bits per heavy atom. The first kappa shape index (κ1) is 24.2. The normalized spacial score (nSPS) is 14.6. The molecule has 3 atom stereocenters. The van der Waals surface area contributed by atoms with Crippen molar-refractivity contribution in [3.63, 3.8) is 0 Å². The van der Waals surface area contributed by atoms with Gasteiger partial charge < -0.3 is 19.9 Å². The van der Waals surface area contributed by atoms with E-state index in [1.165, 1.54) is 0 Å². The number of hydrogen-bond acceptors (Lipinski definition) is 5. The van der Waals surface area contributed by atoms with Gasteiger partial charge in [0, 0.05) is 12.5 Å². The van der Waals surface area contributed by atoms with Crippen LogP contribution in [-0.4, -0.2) is 36.0 Å². The SMILES string of the molecule is CCCC[C@H](C)C[C@H](CNC(=O)O[C@H](OC(=O)C(C)C)C(C)C)C(=O)O. The van der Waals surface area contributed by atoms with Crippen LogP contribution in [0, 0.1) is 23.7 Å². The first-order valence-corrected chi connectivity index (χ1v) is 9.46. The Bertz CT molecular complexity index is 449. The topological polar surface area (TPSA) is 102 Å². The van der Waals surface area contributed by atoms with Crippen LogP contribution in [0.3, 0.4) is 0 Å². The molecule has 0 spiro atoms. The third kappa shape index (κ3) is 10.3. The minimum absolute atomic E-state index is 0.0203. The Morgan fingerprint density at radius 2 is 1.65 bits per heavy atom. The van der Waals surface area contributed by atoms with E-state index in [1.807, 2.05) is 6.92 Å². The highest BCUT2D eigenvalue weighted by Crippen LogP contribution is 2.18. The number of unbranched alkanes of at least 4 members (excludes halogenated alkanes) is 1. The number of carbonyl (C=O) groups excluding carboxylic acids is 2. The van der Waals surface area contributed by atoms with Crippen molar-refractivity contribution < 1.29 is 29.0 Å². The third-order valence-corrected chi connectivity index (χ3v) is 4.05. The number of aliphatic carboxylic acids is 1. The summed E-state index contributed by atoms with van der Waals surface area (Å²) in [7, 11) is 0. The summed E-state index contributed by atoms with van der Waals surface area (Å²) >= 11 is 0. The van der Waals surface area contributed by atoms with Crippen LogP contribution >= 0.6 is 0 Å². The highest BCUT2D eigenvalue weighted by atomic mass is 16.7. The summed E-state index contributed by atoms with van der Waals surface area (Å²) in [5.74, 6) is -2.35. The van der Waals surface area contributed by atoms with Gasteiger partial charge in [0.1, 0.15) is 0 Å². The minimum atomic E-state index is -1.00. The van der Waals surface area contributed by atoms with Crippen molar-refractivity contribution in [2.45, 2.75) is 73.5 Å². The molecule has 0 radical (unpaired) electrons. The second kappa shape index (κ2) is 12.5. The second-order valence-electron chi connectivity index (χ2n) is 7.51. The molecule has 0 fully saturated rings. The van der Waals surface area contributed by atoms with E-state index in [-0.39, 0.29) is 24.3 Å². The van der Waals surface area contributed by atoms with Crippen LogP contribution in [0.2, 0.25) is 0 Å². The number of esters is 1. The van der Waals surface area contributed by atoms with E-state index in [4.69, 9.17) is 9.47 Å². The summed E-state index contributed by atoms with van der Waals surface area (Å²) < 4.78 is 10.3. The third-order valence-electron chi connectivity index (χ3n) is 4.05. The maximum atomic E-state index is 12.0.